The molecule has 0 aliphatic rings. The molecular formula is C31H42O9. The smallest absolute Gasteiger partial charge is 0.338 e. The van der Waals surface area contributed by atoms with Gasteiger partial charge in [-0.3, -0.25) is 4.79 Å². The van der Waals surface area contributed by atoms with Gasteiger partial charge in [-0.25, -0.2) is 29.1 Å². The molecule has 9 heteroatoms. The molecule has 0 amide bonds. The summed E-state index contributed by atoms with van der Waals surface area (Å²) in [5.41, 5.74) is -1.34. The van der Waals surface area contributed by atoms with E-state index in [2.05, 4.69) is 0 Å². The van der Waals surface area contributed by atoms with Gasteiger partial charge in [-0.1, -0.05) is 24.3 Å². The van der Waals surface area contributed by atoms with Crippen LogP contribution < -0.4 is 0 Å². The highest BCUT2D eigenvalue weighted by Crippen LogP contribution is 2.20. The number of carbonyl (C=O) groups excluding carboxylic acids is 3. The first kappa shape index (κ1) is 33.1. The number of ketones is 1. The molecule has 0 saturated carbocycles. The lowest BCUT2D eigenvalue weighted by molar-refractivity contribution is -0.400. The van der Waals surface area contributed by atoms with E-state index < -0.39 is 34.3 Å². The molecule has 0 bridgehead atoms. The molecule has 0 unspecified atom stereocenters. The van der Waals surface area contributed by atoms with Gasteiger partial charge in [0.25, 0.3) is 0 Å². The van der Waals surface area contributed by atoms with Crippen LogP contribution in [-0.4, -0.2) is 53.3 Å². The Balaban J connectivity index is 1.93. The van der Waals surface area contributed by atoms with Gasteiger partial charge in [-0.15, -0.1) is 0 Å². The fraction of sp³-hybridized carbons (Fsp3) is 0.516. The summed E-state index contributed by atoms with van der Waals surface area (Å²) in [7, 11) is 0. The third-order valence-corrected chi connectivity index (χ3v) is 4.90. The van der Waals surface area contributed by atoms with Crippen LogP contribution >= 0.6 is 0 Å². The van der Waals surface area contributed by atoms with Crippen LogP contribution in [0.2, 0.25) is 0 Å². The van der Waals surface area contributed by atoms with Crippen LogP contribution in [0.25, 0.3) is 0 Å². The lowest BCUT2D eigenvalue weighted by Gasteiger charge is -2.28. The Labute approximate surface area is 236 Å². The lowest BCUT2D eigenvalue weighted by Crippen LogP contribution is -2.35. The summed E-state index contributed by atoms with van der Waals surface area (Å²) >= 11 is 0. The van der Waals surface area contributed by atoms with Crippen LogP contribution in [0.4, 0.5) is 0 Å². The lowest BCUT2D eigenvalue weighted by atomic mass is 10.0. The number of esters is 2. The van der Waals surface area contributed by atoms with Gasteiger partial charge in [0.15, 0.2) is 5.78 Å². The van der Waals surface area contributed by atoms with Crippen molar-refractivity contribution in [3.05, 3.63) is 70.8 Å². The van der Waals surface area contributed by atoms with Gasteiger partial charge in [0.1, 0.15) is 24.4 Å². The van der Waals surface area contributed by atoms with Gasteiger partial charge < -0.3 is 9.47 Å². The summed E-state index contributed by atoms with van der Waals surface area (Å²) in [6.07, 6.45) is 0. The van der Waals surface area contributed by atoms with E-state index in [9.17, 15) is 14.4 Å². The van der Waals surface area contributed by atoms with Gasteiger partial charge in [-0.05, 0) is 93.5 Å². The van der Waals surface area contributed by atoms with Crippen LogP contribution in [0.15, 0.2) is 48.5 Å². The number of rotatable bonds is 12. The Morgan fingerprint density at radius 2 is 0.750 bits per heavy atom. The first-order valence-electron chi connectivity index (χ1n) is 13.1. The van der Waals surface area contributed by atoms with Crippen molar-refractivity contribution >= 4 is 17.7 Å². The molecular weight excluding hydrogens is 516 g/mol. The largest absolute Gasteiger partial charge is 0.459 e. The van der Waals surface area contributed by atoms with Gasteiger partial charge in [-0.2, -0.15) is 0 Å². The maximum absolute atomic E-state index is 12.9. The Hall–Kier alpha value is -3.11. The molecule has 0 aromatic heterocycles. The standard InChI is InChI=1S/C31H42O9/c1-28(2,3)37-39-30(7,8)19-35-26(33)23-15-11-21(12-16-23)25(32)22-13-17-24(18-14-22)27(34)36-20-31(9,10)40-38-29(4,5)6/h11-18H,19-20H2,1-10H3. The molecule has 0 fully saturated rings. The minimum atomic E-state index is -0.845. The molecule has 9 nitrogen and oxygen atoms in total. The molecule has 0 radical (unpaired) electrons. The van der Waals surface area contributed by atoms with Crippen molar-refractivity contribution in [1.82, 2.24) is 0 Å². The maximum atomic E-state index is 12.9. The van der Waals surface area contributed by atoms with E-state index >= 15 is 0 Å². The highest BCUT2D eigenvalue weighted by Gasteiger charge is 2.27. The minimum absolute atomic E-state index is 0.0212. The van der Waals surface area contributed by atoms with Gasteiger partial charge >= 0.3 is 11.9 Å². The van der Waals surface area contributed by atoms with Crippen LogP contribution in [0.5, 0.6) is 0 Å². The molecule has 0 atom stereocenters. The summed E-state index contributed by atoms with van der Waals surface area (Å²) in [6, 6.07) is 12.3. The van der Waals surface area contributed by atoms with Crippen LogP contribution in [0.3, 0.4) is 0 Å². The van der Waals surface area contributed by atoms with Gasteiger partial charge in [0.2, 0.25) is 0 Å². The van der Waals surface area contributed by atoms with E-state index in [4.69, 9.17) is 29.0 Å². The average molecular weight is 559 g/mol. The monoisotopic (exact) mass is 558 g/mol. The summed E-state index contributed by atoms with van der Waals surface area (Å²) in [5.74, 6) is -1.36. The zero-order valence-electron chi connectivity index (χ0n) is 25.2. The molecule has 0 N–H and O–H groups in total. The molecule has 2 rings (SSSR count). The normalized spacial score (nSPS) is 12.7. The Bertz CT molecular complexity index is 1060. The molecule has 0 spiro atoms. The van der Waals surface area contributed by atoms with Crippen molar-refractivity contribution in [3.8, 4) is 0 Å². The second kappa shape index (κ2) is 13.0. The van der Waals surface area contributed by atoms with E-state index in [1.807, 2.05) is 41.5 Å². The van der Waals surface area contributed by atoms with E-state index in [-0.39, 0.29) is 19.0 Å². The first-order valence-corrected chi connectivity index (χ1v) is 13.1. The molecule has 0 aliphatic carbocycles. The molecule has 2 aromatic carbocycles. The predicted molar refractivity (Wildman–Crippen MR) is 149 cm³/mol. The Morgan fingerprint density at radius 1 is 0.475 bits per heavy atom. The van der Waals surface area contributed by atoms with Gasteiger partial charge in [0.05, 0.1) is 22.3 Å². The fourth-order valence-electron chi connectivity index (χ4n) is 2.85. The summed E-state index contributed by atoms with van der Waals surface area (Å²) in [6.45, 7) is 18.1. The van der Waals surface area contributed by atoms with E-state index in [0.29, 0.717) is 22.3 Å². The minimum Gasteiger partial charge on any atom is -0.459 e. The maximum Gasteiger partial charge on any atom is 0.338 e. The van der Waals surface area contributed by atoms with Gasteiger partial charge in [0, 0.05) is 11.1 Å². The summed E-state index contributed by atoms with van der Waals surface area (Å²) < 4.78 is 10.7. The van der Waals surface area contributed by atoms with E-state index in [1.54, 1.807) is 52.0 Å². The molecule has 220 valence electrons. The third-order valence-electron chi connectivity index (χ3n) is 4.90. The highest BCUT2D eigenvalue weighted by atomic mass is 17.2. The molecule has 0 aliphatic heterocycles. The first-order chi connectivity index (χ1) is 18.3. The predicted octanol–water partition coefficient (Wildman–Crippen LogP) is 6.28. The number of hydrogen-bond donors (Lipinski definition) is 0. The quantitative estimate of drug-likeness (QED) is 0.129. The van der Waals surface area contributed by atoms with Crippen molar-refractivity contribution in [1.29, 1.82) is 0 Å². The SMILES string of the molecule is CC(C)(C)OOC(C)(C)COC(=O)c1ccc(C(=O)c2ccc(C(=O)OCC(C)(C)OOC(C)(C)C)cc2)cc1. The average Bonchev–Trinajstić information content (AvgIpc) is 2.87. The second-order valence-corrected chi connectivity index (χ2v) is 12.7. The topological polar surface area (TPSA) is 107 Å². The number of benzene rings is 2. The van der Waals surface area contributed by atoms with Crippen LogP contribution in [0.1, 0.15) is 106 Å². The van der Waals surface area contributed by atoms with Crippen molar-refractivity contribution in [2.45, 2.75) is 91.6 Å². The Kier molecular flexibility index (Phi) is 10.8. The van der Waals surface area contributed by atoms with E-state index in [1.165, 1.54) is 24.3 Å². The highest BCUT2D eigenvalue weighted by molar-refractivity contribution is 6.09. The zero-order chi connectivity index (χ0) is 30.4. The number of hydrogen-bond acceptors (Lipinski definition) is 9. The third kappa shape index (κ3) is 11.6. The number of carbonyl (C=O) groups is 3. The van der Waals surface area contributed by atoms with E-state index in [0.717, 1.165) is 0 Å². The van der Waals surface area contributed by atoms with Crippen molar-refractivity contribution < 1.29 is 43.4 Å². The fourth-order valence-corrected chi connectivity index (χ4v) is 2.85. The van der Waals surface area contributed by atoms with Crippen molar-refractivity contribution in [2.24, 2.45) is 0 Å². The Morgan fingerprint density at radius 3 is 1.02 bits per heavy atom. The van der Waals surface area contributed by atoms with Crippen molar-refractivity contribution in [2.75, 3.05) is 13.2 Å². The second-order valence-electron chi connectivity index (χ2n) is 12.7. The zero-order valence-corrected chi connectivity index (χ0v) is 25.2. The number of ether oxygens (including phenoxy) is 2. The summed E-state index contributed by atoms with van der Waals surface area (Å²) in [5, 5.41) is 0. The molecule has 0 saturated heterocycles. The molecule has 2 aromatic rings. The molecule has 40 heavy (non-hydrogen) atoms. The van der Waals surface area contributed by atoms with Crippen molar-refractivity contribution in [3.63, 3.8) is 0 Å². The molecule has 0 heterocycles. The summed E-state index contributed by atoms with van der Waals surface area (Å²) in [4.78, 5) is 59.3. The van der Waals surface area contributed by atoms with Crippen LogP contribution in [-0.2, 0) is 29.0 Å². The van der Waals surface area contributed by atoms with Crippen LogP contribution in [0, 0.1) is 0 Å².